The molecule has 0 saturated heterocycles. The van der Waals surface area contributed by atoms with Gasteiger partial charge in [-0.3, -0.25) is 4.79 Å². The van der Waals surface area contributed by atoms with Crippen LogP contribution in [0, 0.1) is 17.3 Å². The maximum Gasteiger partial charge on any atom is 0.312 e. The van der Waals surface area contributed by atoms with Crippen LogP contribution in [0.25, 0.3) is 0 Å². The van der Waals surface area contributed by atoms with Gasteiger partial charge in [-0.2, -0.15) is 0 Å². The summed E-state index contributed by atoms with van der Waals surface area (Å²) < 4.78 is 6.07. The Hall–Kier alpha value is -0.540. The van der Waals surface area contributed by atoms with Gasteiger partial charge in [0.25, 0.3) is 0 Å². The smallest absolute Gasteiger partial charge is 0.312 e. The zero-order valence-electron chi connectivity index (χ0n) is 13.4. The largest absolute Gasteiger partial charge is 0.457 e. The van der Waals surface area contributed by atoms with Crippen molar-refractivity contribution in [2.24, 2.45) is 17.3 Å². The zero-order valence-corrected chi connectivity index (χ0v) is 15.7. The van der Waals surface area contributed by atoms with Crippen LogP contribution in [0.4, 0.5) is 0 Å². The van der Waals surface area contributed by atoms with Crippen LogP contribution in [0.1, 0.15) is 57.1 Å². The van der Waals surface area contributed by atoms with Gasteiger partial charge in [-0.15, -0.1) is 0 Å². The summed E-state index contributed by atoms with van der Waals surface area (Å²) in [6.45, 7) is 1.92. The van der Waals surface area contributed by atoms with Crippen LogP contribution in [0.2, 0.25) is 5.02 Å². The molecule has 0 spiro atoms. The van der Waals surface area contributed by atoms with Crippen molar-refractivity contribution in [2.45, 2.75) is 55.9 Å². The highest BCUT2D eigenvalue weighted by Gasteiger charge is 2.60. The Kier molecular flexibility index (Phi) is 3.81. The van der Waals surface area contributed by atoms with Crippen molar-refractivity contribution in [1.82, 2.24) is 0 Å². The Labute approximate surface area is 151 Å². The highest BCUT2D eigenvalue weighted by Crippen LogP contribution is 2.64. The molecule has 0 N–H and O–H groups in total. The first kappa shape index (κ1) is 16.0. The quantitative estimate of drug-likeness (QED) is 0.484. The van der Waals surface area contributed by atoms with Gasteiger partial charge in [0.05, 0.1) is 5.41 Å². The van der Waals surface area contributed by atoms with Gasteiger partial charge in [-0.05, 0) is 63.4 Å². The van der Waals surface area contributed by atoms with E-state index in [1.165, 1.54) is 19.3 Å². The summed E-state index contributed by atoms with van der Waals surface area (Å²) in [5.41, 5.74) is 0.615. The molecule has 1 aromatic carbocycles. The van der Waals surface area contributed by atoms with Gasteiger partial charge in [0, 0.05) is 14.9 Å². The number of alkyl halides is 1. The van der Waals surface area contributed by atoms with Crippen LogP contribution < -0.4 is 0 Å². The summed E-state index contributed by atoms with van der Waals surface area (Å²) in [5.74, 6) is 1.35. The first-order chi connectivity index (χ1) is 10.9. The standard InChI is InChI=1S/C19H22BrClO2/c1-12(15-4-2-3-5-16(15)21)23-17(22)18-7-13-6-14(8-18)10-19(20,9-13)11-18/h2-5,12-14H,6-11H2,1H3. The Morgan fingerprint density at radius 1 is 1.26 bits per heavy atom. The molecule has 0 aromatic heterocycles. The van der Waals surface area contributed by atoms with Crippen molar-refractivity contribution in [2.75, 3.05) is 0 Å². The van der Waals surface area contributed by atoms with Crippen LogP contribution in [0.3, 0.4) is 0 Å². The third kappa shape index (κ3) is 2.74. The van der Waals surface area contributed by atoms with Gasteiger partial charge < -0.3 is 4.74 Å². The molecule has 0 radical (unpaired) electrons. The molecular formula is C19H22BrClO2. The second kappa shape index (κ2) is 5.49. The molecule has 2 nitrogen and oxygen atoms in total. The van der Waals surface area contributed by atoms with Gasteiger partial charge in [0.15, 0.2) is 0 Å². The monoisotopic (exact) mass is 396 g/mol. The van der Waals surface area contributed by atoms with Crippen molar-refractivity contribution >= 4 is 33.5 Å². The lowest BCUT2D eigenvalue weighted by molar-refractivity contribution is -0.174. The zero-order chi connectivity index (χ0) is 16.2. The van der Waals surface area contributed by atoms with E-state index in [9.17, 15) is 4.79 Å². The average molecular weight is 398 g/mol. The number of carbonyl (C=O) groups is 1. The van der Waals surface area contributed by atoms with E-state index < -0.39 is 0 Å². The van der Waals surface area contributed by atoms with Gasteiger partial charge in [0.1, 0.15) is 6.10 Å². The summed E-state index contributed by atoms with van der Waals surface area (Å²) >= 11 is 10.2. The summed E-state index contributed by atoms with van der Waals surface area (Å²) in [6, 6.07) is 7.61. The number of benzene rings is 1. The molecule has 4 bridgehead atoms. The molecule has 5 rings (SSSR count). The van der Waals surface area contributed by atoms with Crippen LogP contribution in [0.15, 0.2) is 24.3 Å². The molecule has 1 aromatic rings. The minimum absolute atomic E-state index is 0.0113. The lowest BCUT2D eigenvalue weighted by atomic mass is 9.49. The average Bonchev–Trinajstić information content (AvgIpc) is 2.44. The number of carbonyl (C=O) groups excluding carboxylic acids is 1. The summed E-state index contributed by atoms with van der Waals surface area (Å²) in [4.78, 5) is 13.0. The Morgan fingerprint density at radius 2 is 1.91 bits per heavy atom. The maximum atomic E-state index is 13.0. The molecule has 0 heterocycles. The van der Waals surface area contributed by atoms with Crippen molar-refractivity contribution in [3.05, 3.63) is 34.9 Å². The van der Waals surface area contributed by atoms with E-state index >= 15 is 0 Å². The van der Waals surface area contributed by atoms with Crippen molar-refractivity contribution in [1.29, 1.82) is 0 Å². The van der Waals surface area contributed by atoms with Crippen LogP contribution in [0.5, 0.6) is 0 Å². The highest BCUT2D eigenvalue weighted by atomic mass is 79.9. The first-order valence-corrected chi connectivity index (χ1v) is 9.71. The lowest BCUT2D eigenvalue weighted by Crippen LogP contribution is -2.56. The molecule has 3 atom stereocenters. The molecule has 124 valence electrons. The number of rotatable bonds is 3. The van der Waals surface area contributed by atoms with E-state index in [0.29, 0.717) is 16.9 Å². The molecule has 3 unspecified atom stereocenters. The predicted octanol–water partition coefficient (Wildman–Crippen LogP) is 5.68. The van der Waals surface area contributed by atoms with E-state index in [4.69, 9.17) is 16.3 Å². The van der Waals surface area contributed by atoms with E-state index in [1.54, 1.807) is 0 Å². The second-order valence-corrected chi connectivity index (χ2v) is 10.1. The molecule has 23 heavy (non-hydrogen) atoms. The van der Waals surface area contributed by atoms with Crippen LogP contribution in [-0.4, -0.2) is 10.3 Å². The molecule has 0 amide bonds. The third-order valence-corrected chi connectivity index (χ3v) is 7.32. The van der Waals surface area contributed by atoms with E-state index in [0.717, 1.165) is 24.8 Å². The summed E-state index contributed by atoms with van der Waals surface area (Å²) in [7, 11) is 0. The number of hydrogen-bond acceptors (Lipinski definition) is 2. The van der Waals surface area contributed by atoms with Gasteiger partial charge in [-0.1, -0.05) is 45.7 Å². The molecule has 4 fully saturated rings. The minimum atomic E-state index is -0.296. The van der Waals surface area contributed by atoms with E-state index in [2.05, 4.69) is 15.9 Å². The number of ether oxygens (including phenoxy) is 1. The van der Waals surface area contributed by atoms with E-state index in [1.807, 2.05) is 31.2 Å². The van der Waals surface area contributed by atoms with Gasteiger partial charge in [0.2, 0.25) is 0 Å². The van der Waals surface area contributed by atoms with Gasteiger partial charge in [-0.25, -0.2) is 0 Å². The Balaban J connectivity index is 1.54. The molecule has 4 saturated carbocycles. The van der Waals surface area contributed by atoms with Crippen molar-refractivity contribution < 1.29 is 9.53 Å². The summed E-state index contributed by atoms with van der Waals surface area (Å²) in [6.07, 6.45) is 6.38. The highest BCUT2D eigenvalue weighted by molar-refractivity contribution is 9.10. The Bertz CT molecular complexity index is 630. The molecule has 0 aliphatic heterocycles. The maximum absolute atomic E-state index is 13.0. The lowest BCUT2D eigenvalue weighted by Gasteiger charge is -2.59. The fourth-order valence-corrected chi connectivity index (χ4v) is 7.29. The number of esters is 1. The van der Waals surface area contributed by atoms with E-state index in [-0.39, 0.29) is 21.8 Å². The van der Waals surface area contributed by atoms with Gasteiger partial charge >= 0.3 is 5.97 Å². The normalized spacial score (nSPS) is 39.3. The number of hydrogen-bond donors (Lipinski definition) is 0. The Morgan fingerprint density at radius 3 is 2.52 bits per heavy atom. The minimum Gasteiger partial charge on any atom is -0.457 e. The first-order valence-electron chi connectivity index (χ1n) is 8.54. The molecule has 4 heteroatoms. The van der Waals surface area contributed by atoms with Crippen LogP contribution >= 0.6 is 27.5 Å². The van der Waals surface area contributed by atoms with Crippen molar-refractivity contribution in [3.8, 4) is 0 Å². The summed E-state index contributed by atoms with van der Waals surface area (Å²) in [5, 5.41) is 0.662. The third-order valence-electron chi connectivity index (χ3n) is 6.05. The molecular weight excluding hydrogens is 376 g/mol. The number of halogens is 2. The fraction of sp³-hybridized carbons (Fsp3) is 0.632. The van der Waals surface area contributed by atoms with Crippen molar-refractivity contribution in [3.63, 3.8) is 0 Å². The van der Waals surface area contributed by atoms with Crippen LogP contribution in [-0.2, 0) is 9.53 Å². The predicted molar refractivity (Wildman–Crippen MR) is 94.7 cm³/mol. The fourth-order valence-electron chi connectivity index (χ4n) is 5.54. The molecule has 4 aliphatic rings. The topological polar surface area (TPSA) is 26.3 Å². The molecule has 4 aliphatic carbocycles. The SMILES string of the molecule is CC(OC(=O)C12CC3CC(CC(Br)(C3)C1)C2)c1ccccc1Cl. The second-order valence-electron chi connectivity index (χ2n) is 7.96.